The van der Waals surface area contributed by atoms with Crippen molar-refractivity contribution in [3.05, 3.63) is 44.0 Å². The molecule has 3 aliphatic rings. The monoisotopic (exact) mass is 386 g/mol. The van der Waals surface area contributed by atoms with Gasteiger partial charge in [0.15, 0.2) is 0 Å². The summed E-state index contributed by atoms with van der Waals surface area (Å²) in [5.41, 5.74) is 2.35. The van der Waals surface area contributed by atoms with Crippen LogP contribution in [0.2, 0.25) is 0 Å². The van der Waals surface area contributed by atoms with Crippen molar-refractivity contribution in [3.8, 4) is 0 Å². The second-order valence-electron chi connectivity index (χ2n) is 8.08. The molecule has 6 nitrogen and oxygen atoms in total. The highest BCUT2D eigenvalue weighted by atomic mass is 32.1. The van der Waals surface area contributed by atoms with Crippen LogP contribution >= 0.6 is 11.3 Å². The van der Waals surface area contributed by atoms with E-state index in [1.165, 1.54) is 28.4 Å². The maximum Gasteiger partial charge on any atom is 0.253 e. The van der Waals surface area contributed by atoms with Crippen LogP contribution in [0, 0.1) is 5.92 Å². The number of hydrogen-bond donors (Lipinski definition) is 0. The molecule has 1 saturated carbocycles. The molecule has 0 radical (unpaired) electrons. The third-order valence-corrected chi connectivity index (χ3v) is 7.01. The van der Waals surface area contributed by atoms with Gasteiger partial charge in [0, 0.05) is 24.9 Å². The SMILES string of the molecule is O=c1cc(C2CC2)ncn1CC1CCN(Cc2nc3c(s2)COCC3)CC1. The van der Waals surface area contributed by atoms with Gasteiger partial charge in [0.1, 0.15) is 5.01 Å². The van der Waals surface area contributed by atoms with Crippen molar-refractivity contribution in [2.24, 2.45) is 5.92 Å². The molecule has 2 aromatic heterocycles. The Morgan fingerprint density at radius 2 is 2.07 bits per heavy atom. The van der Waals surface area contributed by atoms with E-state index in [-0.39, 0.29) is 5.56 Å². The minimum atomic E-state index is 0.116. The van der Waals surface area contributed by atoms with Gasteiger partial charge in [-0.3, -0.25) is 14.3 Å². The molecule has 0 bridgehead atoms. The number of likely N-dealkylation sites (tertiary alicyclic amines) is 1. The molecule has 144 valence electrons. The Labute approximate surface area is 163 Å². The average Bonchev–Trinajstić information content (AvgIpc) is 3.45. The summed E-state index contributed by atoms with van der Waals surface area (Å²) in [5, 5.41) is 1.22. The van der Waals surface area contributed by atoms with E-state index >= 15 is 0 Å². The lowest BCUT2D eigenvalue weighted by atomic mass is 9.97. The van der Waals surface area contributed by atoms with Gasteiger partial charge in [-0.2, -0.15) is 0 Å². The van der Waals surface area contributed by atoms with Gasteiger partial charge in [0.2, 0.25) is 0 Å². The first-order valence-corrected chi connectivity index (χ1v) is 10.9. The predicted octanol–water partition coefficient (Wildman–Crippen LogP) is 2.56. The quantitative estimate of drug-likeness (QED) is 0.790. The van der Waals surface area contributed by atoms with E-state index in [4.69, 9.17) is 9.72 Å². The van der Waals surface area contributed by atoms with E-state index < -0.39 is 0 Å². The zero-order valence-electron chi connectivity index (χ0n) is 15.6. The topological polar surface area (TPSA) is 60.2 Å². The van der Waals surface area contributed by atoms with Crippen LogP contribution in [0.4, 0.5) is 0 Å². The lowest BCUT2D eigenvalue weighted by molar-refractivity contribution is 0.112. The molecule has 2 aromatic rings. The minimum Gasteiger partial charge on any atom is -0.375 e. The van der Waals surface area contributed by atoms with Gasteiger partial charge < -0.3 is 4.74 Å². The van der Waals surface area contributed by atoms with Crippen LogP contribution in [0.15, 0.2) is 17.2 Å². The van der Waals surface area contributed by atoms with Crippen molar-refractivity contribution >= 4 is 11.3 Å². The van der Waals surface area contributed by atoms with Crippen LogP contribution in [0.5, 0.6) is 0 Å². The summed E-state index contributed by atoms with van der Waals surface area (Å²) in [6.07, 6.45) is 7.35. The van der Waals surface area contributed by atoms with Crippen molar-refractivity contribution < 1.29 is 4.74 Å². The van der Waals surface area contributed by atoms with Crippen LogP contribution in [0.1, 0.15) is 52.9 Å². The third kappa shape index (κ3) is 4.00. The Hall–Kier alpha value is -1.57. The molecule has 7 heteroatoms. The molecule has 27 heavy (non-hydrogen) atoms. The van der Waals surface area contributed by atoms with Crippen LogP contribution < -0.4 is 5.56 Å². The molecule has 2 fully saturated rings. The van der Waals surface area contributed by atoms with E-state index in [0.717, 1.165) is 64.3 Å². The van der Waals surface area contributed by atoms with E-state index in [2.05, 4.69) is 9.88 Å². The van der Waals surface area contributed by atoms with Crippen molar-refractivity contribution in [2.45, 2.75) is 57.7 Å². The molecule has 0 N–H and O–H groups in total. The molecular weight excluding hydrogens is 360 g/mol. The first-order valence-electron chi connectivity index (χ1n) is 10.1. The Bertz CT molecular complexity index is 842. The van der Waals surface area contributed by atoms with Crippen molar-refractivity contribution in [1.29, 1.82) is 0 Å². The van der Waals surface area contributed by atoms with Gasteiger partial charge in [-0.05, 0) is 44.7 Å². The summed E-state index contributed by atoms with van der Waals surface area (Å²) in [7, 11) is 0. The van der Waals surface area contributed by atoms with E-state index in [9.17, 15) is 4.79 Å². The Balaban J connectivity index is 1.15. The molecule has 2 aliphatic heterocycles. The number of rotatable bonds is 5. The fraction of sp³-hybridized carbons (Fsp3) is 0.650. The maximum absolute atomic E-state index is 12.3. The number of aromatic nitrogens is 3. The summed E-state index contributed by atoms with van der Waals surface area (Å²) in [6.45, 7) is 5.44. The maximum atomic E-state index is 12.3. The molecule has 0 atom stereocenters. The molecular formula is C20H26N4O2S. The van der Waals surface area contributed by atoms with Crippen molar-refractivity contribution in [3.63, 3.8) is 0 Å². The fourth-order valence-corrected chi connectivity index (χ4v) is 5.22. The fourth-order valence-electron chi connectivity index (χ4n) is 4.12. The number of nitrogens with zero attached hydrogens (tertiary/aromatic N) is 4. The van der Waals surface area contributed by atoms with Gasteiger partial charge in [-0.15, -0.1) is 11.3 Å². The van der Waals surface area contributed by atoms with E-state index in [1.807, 2.05) is 11.3 Å². The van der Waals surface area contributed by atoms with E-state index in [0.29, 0.717) is 11.8 Å². The van der Waals surface area contributed by atoms with Crippen LogP contribution in [0.25, 0.3) is 0 Å². The number of piperidine rings is 1. The largest absolute Gasteiger partial charge is 0.375 e. The smallest absolute Gasteiger partial charge is 0.253 e. The molecule has 5 rings (SSSR count). The van der Waals surface area contributed by atoms with Crippen molar-refractivity contribution in [1.82, 2.24) is 19.4 Å². The zero-order chi connectivity index (χ0) is 18.2. The van der Waals surface area contributed by atoms with Gasteiger partial charge >= 0.3 is 0 Å². The summed E-state index contributed by atoms with van der Waals surface area (Å²) in [6, 6.07) is 1.75. The summed E-state index contributed by atoms with van der Waals surface area (Å²) in [5.74, 6) is 1.10. The number of ether oxygens (including phenoxy) is 1. The van der Waals surface area contributed by atoms with Gasteiger partial charge in [0.25, 0.3) is 5.56 Å². The number of thiazole rings is 1. The molecule has 1 saturated heterocycles. The van der Waals surface area contributed by atoms with Crippen LogP contribution in [-0.4, -0.2) is 39.1 Å². The first-order chi connectivity index (χ1) is 13.2. The lowest BCUT2D eigenvalue weighted by Crippen LogP contribution is -2.36. The Kier molecular flexibility index (Phi) is 4.83. The van der Waals surface area contributed by atoms with Gasteiger partial charge in [-0.25, -0.2) is 9.97 Å². The Morgan fingerprint density at radius 1 is 1.22 bits per heavy atom. The highest BCUT2D eigenvalue weighted by Gasteiger charge is 2.26. The molecule has 0 aromatic carbocycles. The second-order valence-corrected chi connectivity index (χ2v) is 9.25. The second kappa shape index (κ2) is 7.45. The molecule has 0 spiro atoms. The average molecular weight is 387 g/mol. The van der Waals surface area contributed by atoms with Gasteiger partial charge in [0.05, 0.1) is 42.4 Å². The van der Waals surface area contributed by atoms with Gasteiger partial charge in [-0.1, -0.05) is 0 Å². The molecule has 0 amide bonds. The standard InChI is InChI=1S/C20H26N4O2S/c25-20-9-17(15-1-2-15)21-13-24(20)10-14-3-6-23(7-4-14)11-19-22-16-5-8-26-12-18(16)27-19/h9,13-15H,1-8,10-12H2. The number of hydrogen-bond acceptors (Lipinski definition) is 6. The van der Waals surface area contributed by atoms with Crippen LogP contribution in [-0.2, 0) is 30.9 Å². The summed E-state index contributed by atoms with van der Waals surface area (Å²) in [4.78, 5) is 25.5. The highest BCUT2D eigenvalue weighted by molar-refractivity contribution is 7.11. The summed E-state index contributed by atoms with van der Waals surface area (Å²) >= 11 is 1.81. The molecule has 0 unspecified atom stereocenters. The van der Waals surface area contributed by atoms with Crippen molar-refractivity contribution in [2.75, 3.05) is 19.7 Å². The summed E-state index contributed by atoms with van der Waals surface area (Å²) < 4.78 is 7.33. The normalized spacial score (nSPS) is 21.3. The van der Waals surface area contributed by atoms with Crippen LogP contribution in [0.3, 0.4) is 0 Å². The third-order valence-electron chi connectivity index (χ3n) is 5.96. The Morgan fingerprint density at radius 3 is 2.81 bits per heavy atom. The number of fused-ring (bicyclic) bond motifs is 1. The lowest BCUT2D eigenvalue weighted by Gasteiger charge is -2.31. The molecule has 4 heterocycles. The van der Waals surface area contributed by atoms with E-state index in [1.54, 1.807) is 17.0 Å². The first kappa shape index (κ1) is 17.5. The predicted molar refractivity (Wildman–Crippen MR) is 104 cm³/mol. The zero-order valence-corrected chi connectivity index (χ0v) is 16.4. The highest BCUT2D eigenvalue weighted by Crippen LogP contribution is 2.38. The minimum absolute atomic E-state index is 0.116. The molecule has 1 aliphatic carbocycles.